The number of hydrogen-bond donors (Lipinski definition) is 1. The highest BCUT2D eigenvalue weighted by Crippen LogP contribution is 2.50. The average Bonchev–Trinajstić information content (AvgIpc) is 3.56. The van der Waals surface area contributed by atoms with Crippen LogP contribution in [0.1, 0.15) is 69.3 Å². The molecule has 0 unspecified atom stereocenters. The van der Waals surface area contributed by atoms with Crippen molar-refractivity contribution in [2.45, 2.75) is 76.5 Å². The van der Waals surface area contributed by atoms with Crippen molar-refractivity contribution >= 4 is 18.0 Å². The summed E-state index contributed by atoms with van der Waals surface area (Å²) < 4.78 is 17.4. The average molecular weight is 560 g/mol. The molecule has 0 heterocycles. The van der Waals surface area contributed by atoms with E-state index in [1.54, 1.807) is 31.2 Å². The third-order valence-electron chi connectivity index (χ3n) is 9.48. The SMILES string of the molecule is CCOC(=O)O[C@H]1[C@@H]2C=C[C@@H](C2)[C@]1(NC(=O)c1ccccc1)C(=O)O[C@@H]1C[C@H](C)CC[C@H]1C(C)(C)c1ccccc1. The Kier molecular flexibility index (Phi) is 8.25. The van der Waals surface area contributed by atoms with Crippen LogP contribution in [0.2, 0.25) is 0 Å². The van der Waals surface area contributed by atoms with Gasteiger partial charge >= 0.3 is 12.1 Å². The second-order valence-electron chi connectivity index (χ2n) is 12.4. The molecule has 2 aromatic carbocycles. The fourth-order valence-electron chi connectivity index (χ4n) is 7.21. The minimum atomic E-state index is -1.57. The highest BCUT2D eigenvalue weighted by molar-refractivity contribution is 5.99. The molecule has 2 fully saturated rings. The number of amides is 1. The number of benzene rings is 2. The normalized spacial score (nSPS) is 30.4. The summed E-state index contributed by atoms with van der Waals surface area (Å²) in [6.07, 6.45) is 4.98. The van der Waals surface area contributed by atoms with E-state index >= 15 is 0 Å². The molecule has 2 saturated carbocycles. The zero-order valence-electron chi connectivity index (χ0n) is 24.4. The molecule has 1 N–H and O–H groups in total. The third-order valence-corrected chi connectivity index (χ3v) is 9.48. The molecule has 0 radical (unpaired) electrons. The number of carbonyl (C=O) groups excluding carboxylic acids is 3. The van der Waals surface area contributed by atoms with E-state index in [4.69, 9.17) is 14.2 Å². The first-order valence-electron chi connectivity index (χ1n) is 14.8. The van der Waals surface area contributed by atoms with E-state index in [2.05, 4.69) is 38.2 Å². The van der Waals surface area contributed by atoms with Crippen molar-refractivity contribution in [2.24, 2.45) is 23.7 Å². The van der Waals surface area contributed by atoms with E-state index in [1.165, 1.54) is 5.56 Å². The zero-order valence-corrected chi connectivity index (χ0v) is 24.4. The van der Waals surface area contributed by atoms with E-state index < -0.39 is 29.7 Å². The maximum absolute atomic E-state index is 14.6. The molecule has 0 saturated heterocycles. The quantitative estimate of drug-likeness (QED) is 0.305. The van der Waals surface area contributed by atoms with Crippen molar-refractivity contribution < 1.29 is 28.6 Å². The van der Waals surface area contributed by atoms with E-state index in [-0.39, 0.29) is 35.9 Å². The molecule has 2 aromatic rings. The Labute approximate surface area is 242 Å². The van der Waals surface area contributed by atoms with Gasteiger partial charge in [0.05, 0.1) is 6.61 Å². The molecule has 218 valence electrons. The first kappa shape index (κ1) is 28.9. The summed E-state index contributed by atoms with van der Waals surface area (Å²) in [6, 6.07) is 19.1. The van der Waals surface area contributed by atoms with Gasteiger partial charge in [0.15, 0.2) is 5.54 Å². The molecule has 0 aliphatic heterocycles. The van der Waals surface area contributed by atoms with Crippen molar-refractivity contribution in [1.29, 1.82) is 0 Å². The molecule has 3 aliphatic rings. The van der Waals surface area contributed by atoms with Crippen LogP contribution in [-0.4, -0.2) is 42.4 Å². The van der Waals surface area contributed by atoms with Crippen molar-refractivity contribution in [3.8, 4) is 0 Å². The number of nitrogens with one attached hydrogen (secondary N) is 1. The molecule has 7 nitrogen and oxygen atoms in total. The lowest BCUT2D eigenvalue weighted by molar-refractivity contribution is -0.171. The van der Waals surface area contributed by atoms with Gasteiger partial charge in [-0.25, -0.2) is 9.59 Å². The maximum Gasteiger partial charge on any atom is 0.508 e. The Bertz CT molecular complexity index is 1270. The van der Waals surface area contributed by atoms with E-state index in [0.717, 1.165) is 19.3 Å². The smallest absolute Gasteiger partial charge is 0.460 e. The van der Waals surface area contributed by atoms with Crippen LogP contribution >= 0.6 is 0 Å². The topological polar surface area (TPSA) is 90.9 Å². The minimum Gasteiger partial charge on any atom is -0.460 e. The molecule has 7 atom stereocenters. The second-order valence-corrected chi connectivity index (χ2v) is 12.4. The molecule has 3 aliphatic carbocycles. The lowest BCUT2D eigenvalue weighted by Gasteiger charge is -2.46. The van der Waals surface area contributed by atoms with E-state index in [9.17, 15) is 14.4 Å². The minimum absolute atomic E-state index is 0.0745. The predicted octanol–water partition coefficient (Wildman–Crippen LogP) is 6.23. The first-order chi connectivity index (χ1) is 19.7. The Balaban J connectivity index is 1.50. The summed E-state index contributed by atoms with van der Waals surface area (Å²) in [4.78, 5) is 40.7. The van der Waals surface area contributed by atoms with Crippen molar-refractivity contribution in [3.05, 3.63) is 83.9 Å². The van der Waals surface area contributed by atoms with Gasteiger partial charge in [-0.15, -0.1) is 0 Å². The summed E-state index contributed by atoms with van der Waals surface area (Å²) in [6.45, 7) is 8.44. The van der Waals surface area contributed by atoms with E-state index in [0.29, 0.717) is 17.9 Å². The van der Waals surface area contributed by atoms with Gasteiger partial charge in [-0.2, -0.15) is 0 Å². The van der Waals surface area contributed by atoms with Crippen molar-refractivity contribution in [3.63, 3.8) is 0 Å². The molecule has 0 aromatic heterocycles. The summed E-state index contributed by atoms with van der Waals surface area (Å²) in [5, 5.41) is 3.03. The molecular weight excluding hydrogens is 518 g/mol. The monoisotopic (exact) mass is 559 g/mol. The lowest BCUT2D eigenvalue weighted by Crippen LogP contribution is -2.66. The molecule has 5 rings (SSSR count). The Morgan fingerprint density at radius 2 is 1.61 bits per heavy atom. The first-order valence-corrected chi connectivity index (χ1v) is 14.8. The number of carbonyl (C=O) groups is 3. The summed E-state index contributed by atoms with van der Waals surface area (Å²) in [7, 11) is 0. The molecular formula is C34H41NO6. The lowest BCUT2D eigenvalue weighted by atomic mass is 9.64. The Morgan fingerprint density at radius 1 is 0.927 bits per heavy atom. The van der Waals surface area contributed by atoms with Crippen LogP contribution in [0, 0.1) is 23.7 Å². The van der Waals surface area contributed by atoms with Gasteiger partial charge in [-0.1, -0.05) is 87.9 Å². The highest BCUT2D eigenvalue weighted by atomic mass is 16.7. The fraction of sp³-hybridized carbons (Fsp3) is 0.500. The summed E-state index contributed by atoms with van der Waals surface area (Å²) >= 11 is 0. The van der Waals surface area contributed by atoms with E-state index in [1.807, 2.05) is 36.4 Å². The van der Waals surface area contributed by atoms with Gasteiger partial charge in [-0.3, -0.25) is 4.79 Å². The maximum atomic E-state index is 14.6. The highest BCUT2D eigenvalue weighted by Gasteiger charge is 2.65. The number of rotatable bonds is 8. The zero-order chi connectivity index (χ0) is 29.2. The molecule has 0 spiro atoms. The van der Waals surface area contributed by atoms with Crippen molar-refractivity contribution in [2.75, 3.05) is 6.61 Å². The van der Waals surface area contributed by atoms with Crippen LogP contribution in [0.3, 0.4) is 0 Å². The summed E-state index contributed by atoms with van der Waals surface area (Å²) in [5.41, 5.74) is -0.210. The van der Waals surface area contributed by atoms with Gasteiger partial charge in [0.2, 0.25) is 0 Å². The predicted molar refractivity (Wildman–Crippen MR) is 155 cm³/mol. The molecule has 7 heteroatoms. The van der Waals surface area contributed by atoms with Gasteiger partial charge in [-0.05, 0) is 55.2 Å². The third kappa shape index (κ3) is 5.51. The van der Waals surface area contributed by atoms with Crippen LogP contribution in [0.4, 0.5) is 4.79 Å². The Hall–Kier alpha value is -3.61. The number of fused-ring (bicyclic) bond motifs is 2. The molecule has 41 heavy (non-hydrogen) atoms. The van der Waals surface area contributed by atoms with Gasteiger partial charge in [0.25, 0.3) is 5.91 Å². The van der Waals surface area contributed by atoms with Crippen LogP contribution in [0.25, 0.3) is 0 Å². The Morgan fingerprint density at radius 3 is 2.29 bits per heavy atom. The van der Waals surface area contributed by atoms with Crippen molar-refractivity contribution in [1.82, 2.24) is 5.32 Å². The van der Waals surface area contributed by atoms with Gasteiger partial charge < -0.3 is 19.5 Å². The number of hydrogen-bond acceptors (Lipinski definition) is 6. The van der Waals surface area contributed by atoms with Gasteiger partial charge in [0, 0.05) is 23.3 Å². The number of esters is 1. The van der Waals surface area contributed by atoms with Gasteiger partial charge in [0.1, 0.15) is 12.2 Å². The van der Waals surface area contributed by atoms with Crippen LogP contribution in [-0.2, 0) is 24.4 Å². The van der Waals surface area contributed by atoms with Crippen LogP contribution < -0.4 is 5.32 Å². The largest absolute Gasteiger partial charge is 0.508 e. The molecule has 1 amide bonds. The standard InChI is InChI=1S/C34H41NO6/c1-5-39-32(38)41-29-24-17-18-26(21-24)34(29,35-30(36)23-12-8-6-9-13-23)31(37)40-28-20-22(2)16-19-27(28)33(3,4)25-14-10-7-11-15-25/h6-15,17-18,22,24,26-29H,5,16,19-21H2,1-4H3,(H,35,36)/t22-,24-,26+,27-,28-,29+,34-/m1/s1. The van der Waals surface area contributed by atoms with Crippen LogP contribution in [0.5, 0.6) is 0 Å². The second kappa shape index (κ2) is 11.7. The fourth-order valence-corrected chi connectivity index (χ4v) is 7.21. The molecule has 2 bridgehead atoms. The number of ether oxygens (including phenoxy) is 3. The van der Waals surface area contributed by atoms with Crippen LogP contribution in [0.15, 0.2) is 72.8 Å². The summed E-state index contributed by atoms with van der Waals surface area (Å²) in [5.74, 6) is -1.13.